The molecule has 0 aliphatic carbocycles. The fraction of sp³-hybridized carbons (Fsp3) is 0.789. The van der Waals surface area contributed by atoms with Crippen molar-refractivity contribution in [2.24, 2.45) is 0 Å². The Kier molecular flexibility index (Phi) is 18.8. The van der Waals surface area contributed by atoms with Gasteiger partial charge in [-0.25, -0.2) is 0 Å². The van der Waals surface area contributed by atoms with Crippen LogP contribution in [0.4, 0.5) is 0 Å². The van der Waals surface area contributed by atoms with Crippen molar-refractivity contribution < 1.29 is 9.47 Å². The number of hydrogen-bond donors (Lipinski definition) is 0. The number of hydrogen-bond acceptors (Lipinski definition) is 2. The average molecular weight is 296 g/mol. The molecule has 0 aliphatic rings. The van der Waals surface area contributed by atoms with E-state index < -0.39 is 0 Å². The minimum absolute atomic E-state index is 0.460. The molecule has 0 rings (SSSR count). The second kappa shape index (κ2) is 19.4. The molecule has 0 aromatic rings. The van der Waals surface area contributed by atoms with Gasteiger partial charge >= 0.3 is 0 Å². The number of rotatable bonds is 16. The van der Waals surface area contributed by atoms with E-state index in [1.54, 1.807) is 0 Å². The number of unbranched alkanes of at least 4 members (excludes halogenated alkanes) is 7. The molecule has 0 fully saturated rings. The summed E-state index contributed by atoms with van der Waals surface area (Å²) in [5.74, 6) is 0. The molecule has 0 saturated carbocycles. The van der Waals surface area contributed by atoms with Crippen molar-refractivity contribution in [3.8, 4) is 0 Å². The summed E-state index contributed by atoms with van der Waals surface area (Å²) < 4.78 is 10.9. The molecule has 0 N–H and O–H groups in total. The molecule has 0 saturated heterocycles. The molecule has 0 spiro atoms. The first-order valence-electron chi connectivity index (χ1n) is 8.89. The van der Waals surface area contributed by atoms with Crippen LogP contribution in [-0.4, -0.2) is 20.0 Å². The van der Waals surface area contributed by atoms with Gasteiger partial charge in [0.05, 0.1) is 0 Å². The van der Waals surface area contributed by atoms with Gasteiger partial charge in [-0.1, -0.05) is 70.3 Å². The summed E-state index contributed by atoms with van der Waals surface area (Å²) >= 11 is 0. The molecule has 0 aliphatic heterocycles. The molecule has 21 heavy (non-hydrogen) atoms. The molecule has 2 nitrogen and oxygen atoms in total. The van der Waals surface area contributed by atoms with E-state index in [4.69, 9.17) is 9.47 Å². The maximum atomic E-state index is 5.45. The highest BCUT2D eigenvalue weighted by atomic mass is 16.7. The van der Waals surface area contributed by atoms with Crippen LogP contribution in [-0.2, 0) is 9.47 Å². The molecule has 0 unspecified atom stereocenters. The Morgan fingerprint density at radius 3 is 1.81 bits per heavy atom. The smallest absolute Gasteiger partial charge is 0.146 e. The lowest BCUT2D eigenvalue weighted by atomic mass is 10.2. The normalized spacial score (nSPS) is 11.9. The van der Waals surface area contributed by atoms with E-state index in [9.17, 15) is 0 Å². The highest BCUT2D eigenvalue weighted by molar-refractivity contribution is 5.02. The summed E-state index contributed by atoms with van der Waals surface area (Å²) in [7, 11) is 0. The number of ether oxygens (including phenoxy) is 2. The Bertz CT molecular complexity index is 234. The van der Waals surface area contributed by atoms with Gasteiger partial charge in [-0.2, -0.15) is 0 Å². The maximum Gasteiger partial charge on any atom is 0.146 e. The molecule has 0 atom stereocenters. The van der Waals surface area contributed by atoms with Gasteiger partial charge in [0.25, 0.3) is 0 Å². The van der Waals surface area contributed by atoms with E-state index in [-0.39, 0.29) is 0 Å². The molecule has 124 valence electrons. The van der Waals surface area contributed by atoms with Gasteiger partial charge in [0, 0.05) is 13.2 Å². The van der Waals surface area contributed by atoms with Crippen molar-refractivity contribution >= 4 is 0 Å². The van der Waals surface area contributed by atoms with Gasteiger partial charge in [0.1, 0.15) is 6.79 Å². The van der Waals surface area contributed by atoms with Crippen LogP contribution >= 0.6 is 0 Å². The van der Waals surface area contributed by atoms with Crippen LogP contribution in [0.3, 0.4) is 0 Å². The van der Waals surface area contributed by atoms with Gasteiger partial charge in [0.15, 0.2) is 0 Å². The monoisotopic (exact) mass is 296 g/mol. The second-order valence-electron chi connectivity index (χ2n) is 5.49. The minimum atomic E-state index is 0.460. The largest absolute Gasteiger partial charge is 0.355 e. The molecule has 0 amide bonds. The quantitative estimate of drug-likeness (QED) is 0.197. The van der Waals surface area contributed by atoms with Crippen LogP contribution in [0.2, 0.25) is 0 Å². The molecule has 0 bridgehead atoms. The fourth-order valence-electron chi connectivity index (χ4n) is 1.95. The third-order valence-corrected chi connectivity index (χ3v) is 3.33. The Balaban J connectivity index is 3.08. The molecule has 0 aromatic carbocycles. The lowest BCUT2D eigenvalue weighted by Crippen LogP contribution is -2.02. The first kappa shape index (κ1) is 20.4. The molecule has 2 heteroatoms. The summed E-state index contributed by atoms with van der Waals surface area (Å²) in [4.78, 5) is 0. The summed E-state index contributed by atoms with van der Waals surface area (Å²) in [6.07, 6.45) is 21.1. The van der Waals surface area contributed by atoms with Gasteiger partial charge in [0.2, 0.25) is 0 Å². The molecular weight excluding hydrogens is 260 g/mol. The van der Waals surface area contributed by atoms with Crippen molar-refractivity contribution in [3.63, 3.8) is 0 Å². The number of allylic oxidation sites excluding steroid dienone is 4. The van der Waals surface area contributed by atoms with Gasteiger partial charge in [-0.15, -0.1) is 0 Å². The predicted molar refractivity (Wildman–Crippen MR) is 92.6 cm³/mol. The van der Waals surface area contributed by atoms with Crippen LogP contribution in [0.25, 0.3) is 0 Å². The second-order valence-corrected chi connectivity index (χ2v) is 5.49. The van der Waals surface area contributed by atoms with Crippen molar-refractivity contribution in [2.45, 2.75) is 78.1 Å². The zero-order chi connectivity index (χ0) is 15.4. The Morgan fingerprint density at radius 1 is 0.619 bits per heavy atom. The van der Waals surface area contributed by atoms with E-state index in [1.807, 2.05) is 0 Å². The molecule has 0 aromatic heterocycles. The van der Waals surface area contributed by atoms with E-state index in [0.717, 1.165) is 32.5 Å². The Morgan fingerprint density at radius 2 is 1.19 bits per heavy atom. The van der Waals surface area contributed by atoms with E-state index in [0.29, 0.717) is 6.79 Å². The molecule has 0 radical (unpaired) electrons. The van der Waals surface area contributed by atoms with Crippen LogP contribution in [0.1, 0.15) is 78.1 Å². The SMILES string of the molecule is CCCCC=CC=CCCCCOCOCCCCCC. The lowest BCUT2D eigenvalue weighted by molar-refractivity contribution is -0.0554. The van der Waals surface area contributed by atoms with Crippen molar-refractivity contribution in [1.29, 1.82) is 0 Å². The van der Waals surface area contributed by atoms with Crippen LogP contribution in [0.5, 0.6) is 0 Å². The predicted octanol–water partition coefficient (Wildman–Crippen LogP) is 6.03. The third-order valence-electron chi connectivity index (χ3n) is 3.33. The van der Waals surface area contributed by atoms with Gasteiger partial charge in [-0.05, 0) is 32.1 Å². The first-order valence-corrected chi connectivity index (χ1v) is 8.89. The van der Waals surface area contributed by atoms with Crippen LogP contribution in [0.15, 0.2) is 24.3 Å². The van der Waals surface area contributed by atoms with Crippen molar-refractivity contribution in [3.05, 3.63) is 24.3 Å². The fourth-order valence-corrected chi connectivity index (χ4v) is 1.95. The highest BCUT2D eigenvalue weighted by Gasteiger charge is 1.91. The first-order chi connectivity index (χ1) is 10.4. The third kappa shape index (κ3) is 19.4. The maximum absolute atomic E-state index is 5.45. The van der Waals surface area contributed by atoms with Crippen molar-refractivity contribution in [1.82, 2.24) is 0 Å². The molecular formula is C19H36O2. The molecule has 0 heterocycles. The van der Waals surface area contributed by atoms with E-state index in [1.165, 1.54) is 44.9 Å². The zero-order valence-electron chi connectivity index (χ0n) is 14.3. The lowest BCUT2D eigenvalue weighted by Gasteiger charge is -2.05. The van der Waals surface area contributed by atoms with E-state index in [2.05, 4.69) is 38.2 Å². The van der Waals surface area contributed by atoms with Crippen molar-refractivity contribution in [2.75, 3.05) is 20.0 Å². The van der Waals surface area contributed by atoms with Crippen LogP contribution < -0.4 is 0 Å². The average Bonchev–Trinajstić information content (AvgIpc) is 2.50. The standard InChI is InChI=1S/C19H36O2/c1-3-5-7-9-10-11-12-13-14-16-18-21-19-20-17-15-8-6-4-2/h9-12H,3-8,13-19H2,1-2H3. The summed E-state index contributed by atoms with van der Waals surface area (Å²) in [5, 5.41) is 0. The minimum Gasteiger partial charge on any atom is -0.355 e. The topological polar surface area (TPSA) is 18.5 Å². The summed E-state index contributed by atoms with van der Waals surface area (Å²) in [6, 6.07) is 0. The zero-order valence-corrected chi connectivity index (χ0v) is 14.3. The van der Waals surface area contributed by atoms with Gasteiger partial charge in [-0.3, -0.25) is 0 Å². The summed E-state index contributed by atoms with van der Waals surface area (Å²) in [6.45, 7) is 6.57. The highest BCUT2D eigenvalue weighted by Crippen LogP contribution is 2.00. The summed E-state index contributed by atoms with van der Waals surface area (Å²) in [5.41, 5.74) is 0. The van der Waals surface area contributed by atoms with E-state index >= 15 is 0 Å². The van der Waals surface area contributed by atoms with Gasteiger partial charge < -0.3 is 9.47 Å². The van der Waals surface area contributed by atoms with Crippen LogP contribution in [0, 0.1) is 0 Å². The Labute approximate surface area is 132 Å². The Hall–Kier alpha value is -0.600.